The van der Waals surface area contributed by atoms with Gasteiger partial charge in [-0.25, -0.2) is 4.98 Å². The molecule has 0 saturated carbocycles. The third-order valence-corrected chi connectivity index (χ3v) is 5.58. The van der Waals surface area contributed by atoms with Crippen molar-refractivity contribution in [1.29, 1.82) is 0 Å². The molecule has 1 aliphatic rings. The summed E-state index contributed by atoms with van der Waals surface area (Å²) < 4.78 is 5.71. The minimum absolute atomic E-state index is 0.162. The van der Waals surface area contributed by atoms with Crippen molar-refractivity contribution < 1.29 is 9.53 Å². The highest BCUT2D eigenvalue weighted by molar-refractivity contribution is 7.09. The molecule has 3 rings (SSSR count). The molecule has 0 N–H and O–H groups in total. The molecule has 1 amide bonds. The van der Waals surface area contributed by atoms with Gasteiger partial charge in [0, 0.05) is 43.1 Å². The number of piperazine rings is 1. The lowest BCUT2D eigenvalue weighted by Gasteiger charge is -2.35. The third-order valence-electron chi connectivity index (χ3n) is 4.46. The molecule has 146 valence electrons. The summed E-state index contributed by atoms with van der Waals surface area (Å²) in [6, 6.07) is 7.26. The summed E-state index contributed by atoms with van der Waals surface area (Å²) in [6.45, 7) is 9.49. The Labute approximate surface area is 169 Å². The molecule has 5 nitrogen and oxygen atoms in total. The van der Waals surface area contributed by atoms with E-state index in [1.807, 2.05) is 22.4 Å². The SMILES string of the molecule is CC(C)CN1CCN(C(=O)Cc2csc(COc3ccc(Cl)cc3)n2)CC1. The van der Waals surface area contributed by atoms with Crippen molar-refractivity contribution in [1.82, 2.24) is 14.8 Å². The van der Waals surface area contributed by atoms with E-state index >= 15 is 0 Å². The number of carbonyl (C=O) groups excluding carboxylic acids is 1. The van der Waals surface area contributed by atoms with Crippen molar-refractivity contribution in [3.05, 3.63) is 45.4 Å². The van der Waals surface area contributed by atoms with Crippen LogP contribution in [0.25, 0.3) is 0 Å². The van der Waals surface area contributed by atoms with Crippen LogP contribution in [-0.4, -0.2) is 53.4 Å². The normalized spacial score (nSPS) is 15.3. The topological polar surface area (TPSA) is 45.7 Å². The zero-order valence-electron chi connectivity index (χ0n) is 15.9. The van der Waals surface area contributed by atoms with Crippen molar-refractivity contribution in [3.8, 4) is 5.75 Å². The van der Waals surface area contributed by atoms with E-state index in [-0.39, 0.29) is 5.91 Å². The van der Waals surface area contributed by atoms with Crippen LogP contribution in [0.15, 0.2) is 29.6 Å². The van der Waals surface area contributed by atoms with Crippen LogP contribution < -0.4 is 4.74 Å². The first kappa shape index (κ1) is 20.1. The summed E-state index contributed by atoms with van der Waals surface area (Å²) in [5, 5.41) is 3.50. The van der Waals surface area contributed by atoms with Crippen LogP contribution in [0.3, 0.4) is 0 Å². The molecular weight excluding hydrogens is 382 g/mol. The monoisotopic (exact) mass is 407 g/mol. The van der Waals surface area contributed by atoms with Crippen molar-refractivity contribution >= 4 is 28.8 Å². The lowest BCUT2D eigenvalue weighted by atomic mass is 10.2. The summed E-state index contributed by atoms with van der Waals surface area (Å²) in [5.74, 6) is 1.58. The fraction of sp³-hybridized carbons (Fsp3) is 0.500. The molecule has 0 aliphatic carbocycles. The van der Waals surface area contributed by atoms with Crippen molar-refractivity contribution in [2.75, 3.05) is 32.7 Å². The number of hydrogen-bond acceptors (Lipinski definition) is 5. The smallest absolute Gasteiger partial charge is 0.228 e. The van der Waals surface area contributed by atoms with E-state index in [0.717, 1.165) is 49.2 Å². The zero-order valence-corrected chi connectivity index (χ0v) is 17.4. The Morgan fingerprint density at radius 1 is 1.22 bits per heavy atom. The minimum atomic E-state index is 0.162. The van der Waals surface area contributed by atoms with Crippen LogP contribution in [0.4, 0.5) is 0 Å². The summed E-state index contributed by atoms with van der Waals surface area (Å²) in [4.78, 5) is 21.5. The molecule has 0 bridgehead atoms. The largest absolute Gasteiger partial charge is 0.486 e. The number of ether oxygens (including phenoxy) is 1. The van der Waals surface area contributed by atoms with E-state index in [1.165, 1.54) is 11.3 Å². The van der Waals surface area contributed by atoms with Gasteiger partial charge in [0.2, 0.25) is 5.91 Å². The van der Waals surface area contributed by atoms with Crippen LogP contribution in [-0.2, 0) is 17.8 Å². The van der Waals surface area contributed by atoms with E-state index in [1.54, 1.807) is 12.1 Å². The van der Waals surface area contributed by atoms with Crippen LogP contribution in [0, 0.1) is 5.92 Å². The molecule has 0 unspecified atom stereocenters. The van der Waals surface area contributed by atoms with Crippen molar-refractivity contribution in [2.45, 2.75) is 26.9 Å². The summed E-state index contributed by atoms with van der Waals surface area (Å²) >= 11 is 7.40. The first-order chi connectivity index (χ1) is 13.0. The van der Waals surface area contributed by atoms with Gasteiger partial charge in [0.05, 0.1) is 12.1 Å². The zero-order chi connectivity index (χ0) is 19.2. The highest BCUT2D eigenvalue weighted by Gasteiger charge is 2.22. The number of rotatable bonds is 7. The first-order valence-corrected chi connectivity index (χ1v) is 10.6. The maximum absolute atomic E-state index is 12.5. The number of amides is 1. The Kier molecular flexibility index (Phi) is 7.10. The van der Waals surface area contributed by atoms with E-state index < -0.39 is 0 Å². The maximum atomic E-state index is 12.5. The Bertz CT molecular complexity index is 740. The second-order valence-electron chi connectivity index (χ2n) is 7.23. The molecule has 2 aromatic rings. The van der Waals surface area contributed by atoms with Crippen LogP contribution in [0.5, 0.6) is 5.75 Å². The van der Waals surface area contributed by atoms with Crippen LogP contribution in [0.2, 0.25) is 5.02 Å². The molecule has 1 aromatic carbocycles. The van der Waals surface area contributed by atoms with E-state index in [9.17, 15) is 4.79 Å². The van der Waals surface area contributed by atoms with E-state index in [4.69, 9.17) is 16.3 Å². The molecule has 1 saturated heterocycles. The van der Waals surface area contributed by atoms with Gasteiger partial charge in [0.25, 0.3) is 0 Å². The summed E-state index contributed by atoms with van der Waals surface area (Å²) in [6.07, 6.45) is 0.363. The summed E-state index contributed by atoms with van der Waals surface area (Å²) in [7, 11) is 0. The number of aromatic nitrogens is 1. The minimum Gasteiger partial charge on any atom is -0.486 e. The average Bonchev–Trinajstić information content (AvgIpc) is 3.08. The number of nitrogens with zero attached hydrogens (tertiary/aromatic N) is 3. The number of carbonyl (C=O) groups is 1. The molecular formula is C20H26ClN3O2S. The molecule has 1 aliphatic heterocycles. The van der Waals surface area contributed by atoms with Gasteiger partial charge < -0.3 is 9.64 Å². The van der Waals surface area contributed by atoms with Gasteiger partial charge in [-0.2, -0.15) is 0 Å². The van der Waals surface area contributed by atoms with Gasteiger partial charge in [-0.15, -0.1) is 11.3 Å². The van der Waals surface area contributed by atoms with Gasteiger partial charge in [-0.05, 0) is 30.2 Å². The Hall–Kier alpha value is -1.63. The molecule has 0 radical (unpaired) electrons. The standard InChI is InChI=1S/C20H26ClN3O2S/c1-15(2)12-23-7-9-24(10-8-23)20(25)11-17-14-27-19(22-17)13-26-18-5-3-16(21)4-6-18/h3-6,14-15H,7-13H2,1-2H3. The Balaban J connectivity index is 1.44. The highest BCUT2D eigenvalue weighted by atomic mass is 35.5. The number of thiazole rings is 1. The molecule has 7 heteroatoms. The van der Waals surface area contributed by atoms with Crippen LogP contribution in [0.1, 0.15) is 24.5 Å². The predicted molar refractivity (Wildman–Crippen MR) is 109 cm³/mol. The highest BCUT2D eigenvalue weighted by Crippen LogP contribution is 2.19. The molecule has 2 heterocycles. The van der Waals surface area contributed by atoms with Crippen molar-refractivity contribution in [3.63, 3.8) is 0 Å². The number of halogens is 1. The second-order valence-corrected chi connectivity index (χ2v) is 8.61. The van der Waals surface area contributed by atoms with Gasteiger partial charge in [-0.3, -0.25) is 9.69 Å². The molecule has 0 spiro atoms. The van der Waals surface area contributed by atoms with Crippen LogP contribution >= 0.6 is 22.9 Å². The van der Waals surface area contributed by atoms with Gasteiger partial charge in [0.1, 0.15) is 17.4 Å². The van der Waals surface area contributed by atoms with E-state index in [0.29, 0.717) is 24.0 Å². The van der Waals surface area contributed by atoms with Gasteiger partial charge in [0.15, 0.2) is 0 Å². The lowest BCUT2D eigenvalue weighted by molar-refractivity contribution is -0.132. The molecule has 1 aromatic heterocycles. The second kappa shape index (κ2) is 9.53. The maximum Gasteiger partial charge on any atom is 0.228 e. The van der Waals surface area contributed by atoms with Gasteiger partial charge >= 0.3 is 0 Å². The Morgan fingerprint density at radius 3 is 2.59 bits per heavy atom. The number of hydrogen-bond donors (Lipinski definition) is 0. The fourth-order valence-corrected chi connectivity index (χ4v) is 3.97. The molecule has 27 heavy (non-hydrogen) atoms. The predicted octanol–water partition coefficient (Wildman–Crippen LogP) is 3.72. The Morgan fingerprint density at radius 2 is 1.93 bits per heavy atom. The number of benzene rings is 1. The quantitative estimate of drug-likeness (QED) is 0.701. The molecule has 0 atom stereocenters. The first-order valence-electron chi connectivity index (χ1n) is 9.31. The average molecular weight is 408 g/mol. The lowest BCUT2D eigenvalue weighted by Crippen LogP contribution is -2.49. The van der Waals surface area contributed by atoms with Gasteiger partial charge in [-0.1, -0.05) is 25.4 Å². The fourth-order valence-electron chi connectivity index (χ4n) is 3.14. The van der Waals surface area contributed by atoms with Crippen molar-refractivity contribution in [2.24, 2.45) is 5.92 Å². The van der Waals surface area contributed by atoms with E-state index in [2.05, 4.69) is 23.7 Å². The summed E-state index contributed by atoms with van der Waals surface area (Å²) in [5.41, 5.74) is 0.823. The third kappa shape index (κ3) is 6.19. The molecule has 1 fully saturated rings.